The molecule has 0 N–H and O–H groups in total. The van der Waals surface area contributed by atoms with Gasteiger partial charge in [-0.15, -0.1) is 0 Å². The van der Waals surface area contributed by atoms with E-state index in [0.717, 1.165) is 18.5 Å². The van der Waals surface area contributed by atoms with Gasteiger partial charge in [0.25, 0.3) is 0 Å². The minimum Gasteiger partial charge on any atom is -0.258 e. The summed E-state index contributed by atoms with van der Waals surface area (Å²) in [5.74, 6) is 0.518. The van der Waals surface area contributed by atoms with E-state index < -0.39 is 4.92 Å². The molecular weight excluding hydrogens is 254 g/mol. The number of nitro groups is 1. The molecule has 1 aliphatic rings. The molecule has 0 atom stereocenters. The number of nitro benzene ring substituents is 1. The molecule has 1 heterocycles. The Kier molecular flexibility index (Phi) is 2.56. The zero-order chi connectivity index (χ0) is 12.7. The van der Waals surface area contributed by atoms with Crippen molar-refractivity contribution in [3.05, 3.63) is 51.3 Å². The number of rotatable bonds is 3. The van der Waals surface area contributed by atoms with E-state index in [9.17, 15) is 10.1 Å². The van der Waals surface area contributed by atoms with Gasteiger partial charge in [0.2, 0.25) is 0 Å². The van der Waals surface area contributed by atoms with Crippen LogP contribution in [0.2, 0.25) is 5.02 Å². The van der Waals surface area contributed by atoms with Crippen LogP contribution in [0.1, 0.15) is 24.5 Å². The molecule has 0 unspecified atom stereocenters. The molecule has 5 nitrogen and oxygen atoms in total. The minimum atomic E-state index is -0.476. The average molecular weight is 264 g/mol. The Morgan fingerprint density at radius 2 is 2.17 bits per heavy atom. The topological polar surface area (TPSA) is 61.0 Å². The molecule has 6 heteroatoms. The van der Waals surface area contributed by atoms with Crippen LogP contribution < -0.4 is 0 Å². The van der Waals surface area contributed by atoms with Crippen molar-refractivity contribution >= 4 is 17.3 Å². The summed E-state index contributed by atoms with van der Waals surface area (Å²) in [6.07, 6.45) is 4.04. The third kappa shape index (κ3) is 1.86. The van der Waals surface area contributed by atoms with Gasteiger partial charge in [0, 0.05) is 12.1 Å². The molecule has 1 fully saturated rings. The Morgan fingerprint density at radius 1 is 1.39 bits per heavy atom. The predicted octanol–water partition coefficient (Wildman–Crippen LogP) is 3.31. The Labute approximate surface area is 108 Å². The molecule has 0 amide bonds. The van der Waals surface area contributed by atoms with Crippen LogP contribution in [0.3, 0.4) is 0 Å². The fraction of sp³-hybridized carbons (Fsp3) is 0.250. The first-order valence-electron chi connectivity index (χ1n) is 5.65. The second-order valence-corrected chi connectivity index (χ2v) is 4.73. The molecule has 2 aromatic rings. The van der Waals surface area contributed by atoms with E-state index in [2.05, 4.69) is 5.10 Å². The van der Waals surface area contributed by atoms with Crippen molar-refractivity contribution in [3.63, 3.8) is 0 Å². The van der Waals surface area contributed by atoms with E-state index in [1.807, 2.05) is 6.07 Å². The molecular formula is C12H10ClN3O2. The van der Waals surface area contributed by atoms with Crippen molar-refractivity contribution in [1.29, 1.82) is 0 Å². The third-order valence-electron chi connectivity index (χ3n) is 3.00. The zero-order valence-electron chi connectivity index (χ0n) is 9.41. The van der Waals surface area contributed by atoms with E-state index in [1.165, 1.54) is 10.7 Å². The molecule has 0 spiro atoms. The maximum absolute atomic E-state index is 11.0. The highest BCUT2D eigenvalue weighted by Crippen LogP contribution is 2.39. The van der Waals surface area contributed by atoms with Gasteiger partial charge in [0.1, 0.15) is 10.7 Å². The molecule has 0 radical (unpaired) electrons. The van der Waals surface area contributed by atoms with Gasteiger partial charge in [0.15, 0.2) is 0 Å². The maximum Gasteiger partial charge on any atom is 0.313 e. The van der Waals surface area contributed by atoms with Gasteiger partial charge in [-0.1, -0.05) is 17.7 Å². The molecule has 92 valence electrons. The fourth-order valence-electron chi connectivity index (χ4n) is 1.94. The normalized spacial score (nSPS) is 14.7. The Hall–Kier alpha value is -1.88. The van der Waals surface area contributed by atoms with Gasteiger partial charge in [0.05, 0.1) is 10.6 Å². The number of hydrogen-bond donors (Lipinski definition) is 0. The molecule has 0 bridgehead atoms. The van der Waals surface area contributed by atoms with Gasteiger partial charge in [-0.05, 0) is 31.0 Å². The molecule has 18 heavy (non-hydrogen) atoms. The fourth-order valence-corrected chi connectivity index (χ4v) is 2.18. The number of benzene rings is 1. The first-order chi connectivity index (χ1) is 8.66. The molecule has 1 aromatic carbocycles. The van der Waals surface area contributed by atoms with Crippen molar-refractivity contribution < 1.29 is 4.92 Å². The second kappa shape index (κ2) is 4.10. The smallest absolute Gasteiger partial charge is 0.258 e. The quantitative estimate of drug-likeness (QED) is 0.630. The number of halogens is 1. The average Bonchev–Trinajstić information content (AvgIpc) is 3.06. The van der Waals surface area contributed by atoms with E-state index in [0.29, 0.717) is 11.6 Å². The summed E-state index contributed by atoms with van der Waals surface area (Å²) in [6.45, 7) is 0. The van der Waals surface area contributed by atoms with Crippen LogP contribution in [-0.2, 0) is 0 Å². The van der Waals surface area contributed by atoms with Crippen molar-refractivity contribution in [2.24, 2.45) is 0 Å². The lowest BCUT2D eigenvalue weighted by Crippen LogP contribution is -2.01. The largest absolute Gasteiger partial charge is 0.313 e. The van der Waals surface area contributed by atoms with E-state index in [4.69, 9.17) is 11.6 Å². The van der Waals surface area contributed by atoms with Gasteiger partial charge in [-0.2, -0.15) is 5.10 Å². The Morgan fingerprint density at radius 3 is 2.83 bits per heavy atom. The van der Waals surface area contributed by atoms with Crippen LogP contribution in [0.15, 0.2) is 30.5 Å². The maximum atomic E-state index is 11.0. The molecule has 0 aliphatic heterocycles. The van der Waals surface area contributed by atoms with E-state index in [-0.39, 0.29) is 10.7 Å². The van der Waals surface area contributed by atoms with Crippen LogP contribution in [0.5, 0.6) is 0 Å². The first-order valence-corrected chi connectivity index (χ1v) is 6.03. The first kappa shape index (κ1) is 11.2. The monoisotopic (exact) mass is 263 g/mol. The lowest BCUT2D eigenvalue weighted by molar-refractivity contribution is -0.384. The van der Waals surface area contributed by atoms with Crippen LogP contribution in [-0.4, -0.2) is 14.7 Å². The lowest BCUT2D eigenvalue weighted by Gasteiger charge is -2.03. The summed E-state index contributed by atoms with van der Waals surface area (Å²) in [5, 5.41) is 15.6. The van der Waals surface area contributed by atoms with Gasteiger partial charge < -0.3 is 0 Å². The highest BCUT2D eigenvalue weighted by molar-refractivity contribution is 6.33. The second-order valence-electron chi connectivity index (χ2n) is 4.32. The zero-order valence-corrected chi connectivity index (χ0v) is 10.2. The standard InChI is InChI=1S/C12H10ClN3O2/c13-9-2-1-3-11(12(9)16(17)18)15-7-6-10(14-15)8-4-5-8/h1-3,6-8H,4-5H2. The molecule has 1 aromatic heterocycles. The van der Waals surface area contributed by atoms with Gasteiger partial charge in [-0.3, -0.25) is 10.1 Å². The highest BCUT2D eigenvalue weighted by atomic mass is 35.5. The Balaban J connectivity index is 2.09. The molecule has 1 aliphatic carbocycles. The summed E-state index contributed by atoms with van der Waals surface area (Å²) in [7, 11) is 0. The summed E-state index contributed by atoms with van der Waals surface area (Å²) >= 11 is 5.87. The summed E-state index contributed by atoms with van der Waals surface area (Å²) < 4.78 is 1.53. The van der Waals surface area contributed by atoms with Crippen LogP contribution >= 0.6 is 11.6 Å². The van der Waals surface area contributed by atoms with Crippen molar-refractivity contribution in [2.45, 2.75) is 18.8 Å². The summed E-state index contributed by atoms with van der Waals surface area (Å²) in [6, 6.07) is 6.74. The number of aromatic nitrogens is 2. The third-order valence-corrected chi connectivity index (χ3v) is 3.31. The van der Waals surface area contributed by atoms with Gasteiger partial charge in [-0.25, -0.2) is 4.68 Å². The van der Waals surface area contributed by atoms with Gasteiger partial charge >= 0.3 is 5.69 Å². The van der Waals surface area contributed by atoms with Crippen LogP contribution in [0.25, 0.3) is 5.69 Å². The van der Waals surface area contributed by atoms with E-state index in [1.54, 1.807) is 18.3 Å². The highest BCUT2D eigenvalue weighted by Gasteiger charge is 2.27. The molecule has 1 saturated carbocycles. The van der Waals surface area contributed by atoms with Crippen LogP contribution in [0.4, 0.5) is 5.69 Å². The number of nitrogens with zero attached hydrogens (tertiary/aromatic N) is 3. The minimum absolute atomic E-state index is 0.107. The van der Waals surface area contributed by atoms with E-state index >= 15 is 0 Å². The van der Waals surface area contributed by atoms with Crippen molar-refractivity contribution in [2.75, 3.05) is 0 Å². The summed E-state index contributed by atoms with van der Waals surface area (Å²) in [5.41, 5.74) is 1.29. The predicted molar refractivity (Wildman–Crippen MR) is 67.2 cm³/mol. The number of hydrogen-bond acceptors (Lipinski definition) is 3. The molecule has 3 rings (SSSR count). The van der Waals surface area contributed by atoms with Crippen molar-refractivity contribution in [3.8, 4) is 5.69 Å². The SMILES string of the molecule is O=[N+]([O-])c1c(Cl)cccc1-n1ccc(C2CC2)n1. The lowest BCUT2D eigenvalue weighted by atomic mass is 10.2. The van der Waals surface area contributed by atoms with Crippen LogP contribution in [0, 0.1) is 10.1 Å². The number of para-hydroxylation sites is 1. The Bertz CT molecular complexity index is 620. The molecule has 0 saturated heterocycles. The summed E-state index contributed by atoms with van der Waals surface area (Å²) in [4.78, 5) is 10.6. The van der Waals surface area contributed by atoms with Crippen molar-refractivity contribution in [1.82, 2.24) is 9.78 Å².